The lowest BCUT2D eigenvalue weighted by Crippen LogP contribution is -2.41. The van der Waals surface area contributed by atoms with Crippen molar-refractivity contribution in [1.82, 2.24) is 9.88 Å². The molecule has 1 atom stereocenters. The van der Waals surface area contributed by atoms with Gasteiger partial charge in [-0.2, -0.15) is 0 Å². The first-order valence-electron chi connectivity index (χ1n) is 8.67. The Morgan fingerprint density at radius 3 is 2.70 bits per heavy atom. The Balaban J connectivity index is 1.68. The van der Waals surface area contributed by atoms with Crippen molar-refractivity contribution in [2.24, 2.45) is 5.92 Å². The summed E-state index contributed by atoms with van der Waals surface area (Å²) >= 11 is 0. The zero-order valence-corrected chi connectivity index (χ0v) is 13.3. The topological polar surface area (TPSA) is 53.2 Å². The average molecular weight is 310 g/mol. The summed E-state index contributed by atoms with van der Waals surface area (Å²) < 4.78 is 0. The number of aromatic amines is 1. The maximum absolute atomic E-state index is 13.0. The summed E-state index contributed by atoms with van der Waals surface area (Å²) in [6.45, 7) is 0.784. The molecule has 1 unspecified atom stereocenters. The van der Waals surface area contributed by atoms with E-state index in [1.54, 1.807) is 12.3 Å². The van der Waals surface area contributed by atoms with Gasteiger partial charge in [-0.15, -0.1) is 0 Å². The van der Waals surface area contributed by atoms with Crippen LogP contribution in [0, 0.1) is 5.92 Å². The SMILES string of the molecule is O=C(c1c[nH]c2ccccc2c1=O)N1CCCC1C1CCCC1. The van der Waals surface area contributed by atoms with E-state index in [2.05, 4.69) is 4.98 Å². The van der Waals surface area contributed by atoms with E-state index >= 15 is 0 Å². The van der Waals surface area contributed by atoms with Crippen LogP contribution in [0.2, 0.25) is 0 Å². The molecule has 4 nitrogen and oxygen atoms in total. The van der Waals surface area contributed by atoms with Gasteiger partial charge < -0.3 is 9.88 Å². The molecule has 0 radical (unpaired) electrons. The molecule has 2 aromatic rings. The number of amides is 1. The second-order valence-corrected chi connectivity index (χ2v) is 6.83. The van der Waals surface area contributed by atoms with Crippen molar-refractivity contribution < 1.29 is 4.79 Å². The minimum absolute atomic E-state index is 0.0913. The molecule has 23 heavy (non-hydrogen) atoms. The molecule has 1 saturated carbocycles. The van der Waals surface area contributed by atoms with Gasteiger partial charge in [-0.1, -0.05) is 25.0 Å². The van der Waals surface area contributed by atoms with Gasteiger partial charge in [0, 0.05) is 29.7 Å². The lowest BCUT2D eigenvalue weighted by molar-refractivity contribution is 0.0687. The van der Waals surface area contributed by atoms with Gasteiger partial charge in [0.1, 0.15) is 5.56 Å². The van der Waals surface area contributed by atoms with Crippen molar-refractivity contribution in [2.75, 3.05) is 6.54 Å². The van der Waals surface area contributed by atoms with Crippen LogP contribution in [0.1, 0.15) is 48.9 Å². The number of likely N-dealkylation sites (tertiary alicyclic amines) is 1. The third-order valence-electron chi connectivity index (χ3n) is 5.52. The Hall–Kier alpha value is -2.10. The molecule has 120 valence electrons. The highest BCUT2D eigenvalue weighted by Gasteiger charge is 2.36. The molecule has 1 aromatic carbocycles. The average Bonchev–Trinajstić information content (AvgIpc) is 3.26. The van der Waals surface area contributed by atoms with E-state index in [-0.39, 0.29) is 16.9 Å². The molecule has 0 bridgehead atoms. The first kappa shape index (κ1) is 14.5. The van der Waals surface area contributed by atoms with Gasteiger partial charge in [-0.3, -0.25) is 9.59 Å². The number of benzene rings is 1. The minimum Gasteiger partial charge on any atom is -0.360 e. The first-order valence-corrected chi connectivity index (χ1v) is 8.67. The highest BCUT2D eigenvalue weighted by Crippen LogP contribution is 2.35. The van der Waals surface area contributed by atoms with Crippen LogP contribution in [-0.4, -0.2) is 28.4 Å². The molecule has 1 aliphatic heterocycles. The Morgan fingerprint density at radius 1 is 1.09 bits per heavy atom. The van der Waals surface area contributed by atoms with E-state index in [4.69, 9.17) is 0 Å². The fraction of sp³-hybridized carbons (Fsp3) is 0.474. The van der Waals surface area contributed by atoms with Gasteiger partial charge in [0.15, 0.2) is 0 Å². The number of pyridine rings is 1. The van der Waals surface area contributed by atoms with Gasteiger partial charge in [-0.05, 0) is 43.7 Å². The Bertz CT molecular complexity index is 789. The predicted octanol–water partition coefficient (Wildman–Crippen LogP) is 3.32. The number of carbonyl (C=O) groups excluding carboxylic acids is 1. The van der Waals surface area contributed by atoms with Gasteiger partial charge in [0.2, 0.25) is 5.43 Å². The molecule has 2 heterocycles. The van der Waals surface area contributed by atoms with E-state index in [1.807, 2.05) is 23.1 Å². The van der Waals surface area contributed by atoms with E-state index < -0.39 is 0 Å². The Morgan fingerprint density at radius 2 is 1.87 bits per heavy atom. The maximum atomic E-state index is 13.0. The van der Waals surface area contributed by atoms with Crippen LogP contribution in [-0.2, 0) is 0 Å². The van der Waals surface area contributed by atoms with E-state index in [9.17, 15) is 9.59 Å². The smallest absolute Gasteiger partial charge is 0.259 e. The van der Waals surface area contributed by atoms with Crippen molar-refractivity contribution >= 4 is 16.8 Å². The second kappa shape index (κ2) is 5.84. The Kier molecular flexibility index (Phi) is 3.68. The van der Waals surface area contributed by atoms with Crippen LogP contribution in [0.25, 0.3) is 10.9 Å². The van der Waals surface area contributed by atoms with Crippen LogP contribution in [0.5, 0.6) is 0 Å². The number of para-hydroxylation sites is 1. The summed E-state index contributed by atoms with van der Waals surface area (Å²) in [4.78, 5) is 30.7. The summed E-state index contributed by atoms with van der Waals surface area (Å²) in [5.74, 6) is 0.535. The molecule has 1 amide bonds. The molecule has 1 aromatic heterocycles. The molecule has 2 fully saturated rings. The molecular weight excluding hydrogens is 288 g/mol. The third-order valence-corrected chi connectivity index (χ3v) is 5.52. The van der Waals surface area contributed by atoms with Crippen LogP contribution in [0.4, 0.5) is 0 Å². The fourth-order valence-corrected chi connectivity index (χ4v) is 4.36. The number of carbonyl (C=O) groups is 1. The van der Waals surface area contributed by atoms with Crippen LogP contribution in [0.3, 0.4) is 0 Å². The zero-order chi connectivity index (χ0) is 15.8. The van der Waals surface area contributed by atoms with E-state index in [1.165, 1.54) is 25.7 Å². The molecule has 4 rings (SSSR count). The molecular formula is C19H22N2O2. The summed E-state index contributed by atoms with van der Waals surface area (Å²) in [5.41, 5.74) is 0.915. The van der Waals surface area contributed by atoms with Crippen LogP contribution < -0.4 is 5.43 Å². The summed E-state index contributed by atoms with van der Waals surface area (Å²) in [6, 6.07) is 7.70. The largest absolute Gasteiger partial charge is 0.360 e. The fourth-order valence-electron chi connectivity index (χ4n) is 4.36. The van der Waals surface area contributed by atoms with Crippen molar-refractivity contribution in [1.29, 1.82) is 0 Å². The van der Waals surface area contributed by atoms with E-state index in [0.717, 1.165) is 24.9 Å². The number of nitrogens with one attached hydrogen (secondary N) is 1. The number of nitrogens with zero attached hydrogens (tertiary/aromatic N) is 1. The highest BCUT2D eigenvalue weighted by atomic mass is 16.2. The molecule has 1 aliphatic carbocycles. The maximum Gasteiger partial charge on any atom is 0.259 e. The molecule has 1 N–H and O–H groups in total. The summed E-state index contributed by atoms with van der Waals surface area (Å²) in [5, 5.41) is 0.593. The standard InChI is InChI=1S/C19H22N2O2/c22-18-14-8-3-4-9-16(14)20-12-15(18)19(23)21-11-5-10-17(21)13-6-1-2-7-13/h3-4,8-9,12-13,17H,1-2,5-7,10-11H2,(H,20,22). The normalized spacial score (nSPS) is 22.1. The van der Waals surface area contributed by atoms with Crippen molar-refractivity contribution in [3.63, 3.8) is 0 Å². The zero-order valence-electron chi connectivity index (χ0n) is 13.3. The van der Waals surface area contributed by atoms with Crippen molar-refractivity contribution in [3.05, 3.63) is 46.2 Å². The van der Waals surface area contributed by atoms with E-state index in [0.29, 0.717) is 17.3 Å². The molecule has 2 aliphatic rings. The second-order valence-electron chi connectivity index (χ2n) is 6.83. The van der Waals surface area contributed by atoms with Gasteiger partial charge in [-0.25, -0.2) is 0 Å². The van der Waals surface area contributed by atoms with Crippen molar-refractivity contribution in [2.45, 2.75) is 44.6 Å². The first-order chi connectivity index (χ1) is 11.3. The lowest BCUT2D eigenvalue weighted by atomic mass is 9.95. The quantitative estimate of drug-likeness (QED) is 0.925. The summed E-state index contributed by atoms with van der Waals surface area (Å²) in [6.07, 6.45) is 8.74. The lowest BCUT2D eigenvalue weighted by Gasteiger charge is -2.29. The molecule has 0 spiro atoms. The number of H-pyrrole nitrogens is 1. The van der Waals surface area contributed by atoms with Gasteiger partial charge in [0.05, 0.1) is 0 Å². The number of hydrogen-bond donors (Lipinski definition) is 1. The number of hydrogen-bond acceptors (Lipinski definition) is 2. The minimum atomic E-state index is -0.151. The third kappa shape index (κ3) is 2.46. The summed E-state index contributed by atoms with van der Waals surface area (Å²) in [7, 11) is 0. The van der Waals surface area contributed by atoms with Gasteiger partial charge >= 0.3 is 0 Å². The number of fused-ring (bicyclic) bond motifs is 1. The van der Waals surface area contributed by atoms with Gasteiger partial charge in [0.25, 0.3) is 5.91 Å². The number of rotatable bonds is 2. The van der Waals surface area contributed by atoms with Crippen molar-refractivity contribution in [3.8, 4) is 0 Å². The monoisotopic (exact) mass is 310 g/mol. The molecule has 4 heteroatoms. The number of aromatic nitrogens is 1. The Labute approximate surface area is 135 Å². The van der Waals surface area contributed by atoms with Crippen LogP contribution in [0.15, 0.2) is 35.3 Å². The molecule has 1 saturated heterocycles. The predicted molar refractivity (Wildman–Crippen MR) is 90.6 cm³/mol. The highest BCUT2D eigenvalue weighted by molar-refractivity contribution is 5.97. The van der Waals surface area contributed by atoms with Crippen LogP contribution >= 0.6 is 0 Å².